The van der Waals surface area contributed by atoms with Crippen molar-refractivity contribution in [2.45, 2.75) is 42.0 Å². The Morgan fingerprint density at radius 2 is 2.00 bits per heavy atom. The van der Waals surface area contributed by atoms with E-state index in [1.807, 2.05) is 13.8 Å². The highest BCUT2D eigenvalue weighted by Crippen LogP contribution is 2.40. The molecule has 1 saturated carbocycles. The van der Waals surface area contributed by atoms with E-state index in [1.54, 1.807) is 0 Å². The Balaban J connectivity index is 1.94. The van der Waals surface area contributed by atoms with Gasteiger partial charge in [0, 0.05) is 11.5 Å². The van der Waals surface area contributed by atoms with Crippen LogP contribution in [0, 0.1) is 13.8 Å². The maximum absolute atomic E-state index is 6.17. The first-order valence-electron chi connectivity index (χ1n) is 5.65. The van der Waals surface area contributed by atoms with Crippen molar-refractivity contribution in [2.24, 2.45) is 0 Å². The van der Waals surface area contributed by atoms with Crippen LogP contribution in [0.3, 0.4) is 0 Å². The Morgan fingerprint density at radius 3 is 2.61 bits per heavy atom. The molecule has 0 radical (unpaired) electrons. The molecule has 2 heterocycles. The molecule has 94 valence electrons. The molecule has 18 heavy (non-hydrogen) atoms. The van der Waals surface area contributed by atoms with Crippen LogP contribution < -0.4 is 0 Å². The van der Waals surface area contributed by atoms with Crippen LogP contribution in [0.5, 0.6) is 0 Å². The second-order valence-electron chi connectivity index (χ2n) is 4.29. The van der Waals surface area contributed by atoms with Gasteiger partial charge in [0.25, 0.3) is 0 Å². The molecule has 0 aliphatic heterocycles. The third-order valence-corrected chi connectivity index (χ3v) is 5.00. The Labute approximate surface area is 118 Å². The van der Waals surface area contributed by atoms with Crippen molar-refractivity contribution in [3.8, 4) is 0 Å². The number of aryl methyl sites for hydroxylation is 1. The first-order chi connectivity index (χ1) is 8.63. The molecular formula is C11H11ClN4S2. The minimum absolute atomic E-state index is 0.499. The number of rotatable bonds is 3. The summed E-state index contributed by atoms with van der Waals surface area (Å²) in [4.78, 5) is 13.3. The van der Waals surface area contributed by atoms with Gasteiger partial charge in [0.05, 0.1) is 0 Å². The lowest BCUT2D eigenvalue weighted by molar-refractivity contribution is 0.861. The third-order valence-electron chi connectivity index (χ3n) is 2.69. The number of halogens is 1. The smallest absolute Gasteiger partial charge is 0.176 e. The maximum Gasteiger partial charge on any atom is 0.176 e. The zero-order valence-corrected chi connectivity index (χ0v) is 12.4. The molecule has 4 nitrogen and oxygen atoms in total. The van der Waals surface area contributed by atoms with E-state index >= 15 is 0 Å². The van der Waals surface area contributed by atoms with Crippen molar-refractivity contribution in [1.29, 1.82) is 0 Å². The molecule has 1 aliphatic rings. The zero-order chi connectivity index (χ0) is 12.7. The number of hydrogen-bond donors (Lipinski definition) is 0. The van der Waals surface area contributed by atoms with Crippen molar-refractivity contribution < 1.29 is 0 Å². The van der Waals surface area contributed by atoms with Crippen LogP contribution in [0.25, 0.3) is 0 Å². The van der Waals surface area contributed by atoms with E-state index in [2.05, 4.69) is 19.3 Å². The Morgan fingerprint density at radius 1 is 1.22 bits per heavy atom. The minimum Gasteiger partial charge on any atom is -0.225 e. The number of aromatic nitrogens is 4. The van der Waals surface area contributed by atoms with Gasteiger partial charge in [-0.2, -0.15) is 4.37 Å². The molecule has 2 aromatic heterocycles. The van der Waals surface area contributed by atoms with Gasteiger partial charge in [-0.1, -0.05) is 11.6 Å². The average molecular weight is 299 g/mol. The van der Waals surface area contributed by atoms with Gasteiger partial charge in [0.2, 0.25) is 0 Å². The molecule has 7 heteroatoms. The summed E-state index contributed by atoms with van der Waals surface area (Å²) >= 11 is 9.07. The summed E-state index contributed by atoms with van der Waals surface area (Å²) in [5.74, 6) is 2.16. The van der Waals surface area contributed by atoms with Crippen LogP contribution in [-0.2, 0) is 0 Å². The van der Waals surface area contributed by atoms with Gasteiger partial charge in [-0.15, -0.1) is 0 Å². The summed E-state index contributed by atoms with van der Waals surface area (Å²) in [6, 6.07) is 0. The van der Waals surface area contributed by atoms with Crippen LogP contribution in [-0.4, -0.2) is 19.3 Å². The fourth-order valence-electron chi connectivity index (χ4n) is 1.51. The summed E-state index contributed by atoms with van der Waals surface area (Å²) in [6.07, 6.45) is 2.34. The zero-order valence-electron chi connectivity index (χ0n) is 9.97. The lowest BCUT2D eigenvalue weighted by Gasteiger charge is -2.06. The van der Waals surface area contributed by atoms with E-state index in [1.165, 1.54) is 36.1 Å². The van der Waals surface area contributed by atoms with Gasteiger partial charge >= 0.3 is 0 Å². The Bertz CT molecular complexity index is 595. The fraction of sp³-hybridized carbons (Fsp3) is 0.455. The van der Waals surface area contributed by atoms with Crippen LogP contribution in [0.4, 0.5) is 0 Å². The lowest BCUT2D eigenvalue weighted by Crippen LogP contribution is -1.98. The average Bonchev–Trinajstić information content (AvgIpc) is 3.10. The molecule has 3 rings (SSSR count). The molecule has 0 bridgehead atoms. The van der Waals surface area contributed by atoms with E-state index < -0.39 is 0 Å². The Hall–Kier alpha value is -0.720. The maximum atomic E-state index is 6.17. The van der Waals surface area contributed by atoms with E-state index in [9.17, 15) is 0 Å². The highest BCUT2D eigenvalue weighted by molar-refractivity contribution is 8.00. The molecule has 1 aliphatic carbocycles. The summed E-state index contributed by atoms with van der Waals surface area (Å²) in [5.41, 5.74) is 0.916. The van der Waals surface area contributed by atoms with Crippen LogP contribution in [0.1, 0.15) is 36.0 Å². The van der Waals surface area contributed by atoms with Crippen molar-refractivity contribution in [2.75, 3.05) is 0 Å². The molecule has 0 atom stereocenters. The lowest BCUT2D eigenvalue weighted by atomic mass is 10.3. The van der Waals surface area contributed by atoms with Crippen LogP contribution in [0.2, 0.25) is 5.15 Å². The molecule has 0 aromatic carbocycles. The van der Waals surface area contributed by atoms with E-state index in [0.717, 1.165) is 26.6 Å². The van der Waals surface area contributed by atoms with Gasteiger partial charge in [0.1, 0.15) is 21.8 Å². The first-order valence-corrected chi connectivity index (χ1v) is 7.62. The van der Waals surface area contributed by atoms with Crippen molar-refractivity contribution in [3.63, 3.8) is 0 Å². The van der Waals surface area contributed by atoms with Gasteiger partial charge < -0.3 is 0 Å². The summed E-state index contributed by atoms with van der Waals surface area (Å²) in [5, 5.41) is 1.45. The van der Waals surface area contributed by atoms with E-state index in [4.69, 9.17) is 11.6 Å². The molecule has 0 amide bonds. The number of nitrogens with zero attached hydrogens (tertiary/aromatic N) is 4. The molecule has 0 saturated heterocycles. The topological polar surface area (TPSA) is 51.6 Å². The van der Waals surface area contributed by atoms with E-state index in [0.29, 0.717) is 11.1 Å². The highest BCUT2D eigenvalue weighted by Gasteiger charge is 2.28. The van der Waals surface area contributed by atoms with Crippen LogP contribution >= 0.6 is 34.9 Å². The summed E-state index contributed by atoms with van der Waals surface area (Å²) in [6.45, 7) is 3.82. The highest BCUT2D eigenvalue weighted by atomic mass is 35.5. The van der Waals surface area contributed by atoms with Gasteiger partial charge in [-0.05, 0) is 50.0 Å². The van der Waals surface area contributed by atoms with Crippen molar-refractivity contribution in [3.05, 3.63) is 22.4 Å². The molecule has 0 spiro atoms. The predicted molar refractivity (Wildman–Crippen MR) is 72.5 cm³/mol. The first kappa shape index (κ1) is 12.3. The predicted octanol–water partition coefficient (Wildman–Crippen LogP) is 3.63. The second-order valence-corrected chi connectivity index (χ2v) is 6.63. The Kier molecular flexibility index (Phi) is 3.25. The minimum atomic E-state index is 0.499. The van der Waals surface area contributed by atoms with Gasteiger partial charge in [-0.3, -0.25) is 0 Å². The monoisotopic (exact) mass is 298 g/mol. The summed E-state index contributed by atoms with van der Waals surface area (Å²) in [7, 11) is 0. The standard InChI is InChI=1S/C11H11ClN4S2/c1-5-8(12)14-9(7-3-4-7)15-10(5)17-11-13-6(2)16-18-11/h7H,3-4H2,1-2H3. The SMILES string of the molecule is Cc1nsc(Sc2nc(C3CC3)nc(Cl)c2C)n1. The largest absolute Gasteiger partial charge is 0.225 e. The van der Waals surface area contributed by atoms with Gasteiger partial charge in [-0.25, -0.2) is 15.0 Å². The summed E-state index contributed by atoms with van der Waals surface area (Å²) < 4.78 is 5.06. The fourth-order valence-corrected chi connectivity index (χ4v) is 3.40. The van der Waals surface area contributed by atoms with Crippen molar-refractivity contribution in [1.82, 2.24) is 19.3 Å². The van der Waals surface area contributed by atoms with E-state index in [-0.39, 0.29) is 0 Å². The molecule has 0 unspecified atom stereocenters. The molecule has 2 aromatic rings. The molecular weight excluding hydrogens is 288 g/mol. The normalized spacial score (nSPS) is 15.1. The van der Waals surface area contributed by atoms with Gasteiger partial charge in [0.15, 0.2) is 4.34 Å². The van der Waals surface area contributed by atoms with Crippen LogP contribution in [0.15, 0.2) is 9.37 Å². The number of hydrogen-bond acceptors (Lipinski definition) is 6. The molecule has 0 N–H and O–H groups in total. The molecule has 1 fully saturated rings. The van der Waals surface area contributed by atoms with Crippen molar-refractivity contribution >= 4 is 34.9 Å². The third kappa shape index (κ3) is 2.50. The quantitative estimate of drug-likeness (QED) is 0.810. The second kappa shape index (κ2) is 4.75.